The Bertz CT molecular complexity index is 1910. The van der Waals surface area contributed by atoms with Crippen LogP contribution in [0.4, 0.5) is 0 Å². The molecular formula is C81H142NO8P. The molecule has 0 aliphatic rings. The number of phosphoric ester groups is 1. The summed E-state index contributed by atoms with van der Waals surface area (Å²) in [6.07, 6.45) is 106. The lowest BCUT2D eigenvalue weighted by Gasteiger charge is -2.19. The summed E-state index contributed by atoms with van der Waals surface area (Å²) in [6.45, 7) is 3.56. The number of carbonyl (C=O) groups is 2. The van der Waals surface area contributed by atoms with Gasteiger partial charge in [0.1, 0.15) is 6.61 Å². The molecule has 0 aromatic carbocycles. The molecule has 0 rings (SSSR count). The highest BCUT2D eigenvalue weighted by Gasteiger charge is 2.26. The topological polar surface area (TPSA) is 134 Å². The maximum Gasteiger partial charge on any atom is 0.472 e. The van der Waals surface area contributed by atoms with Crippen LogP contribution in [0.1, 0.15) is 348 Å². The number of nitrogens with two attached hydrogens (primary N) is 1. The van der Waals surface area contributed by atoms with E-state index >= 15 is 0 Å². The largest absolute Gasteiger partial charge is 0.472 e. The van der Waals surface area contributed by atoms with Gasteiger partial charge in [-0.05, 0) is 103 Å². The van der Waals surface area contributed by atoms with Crippen LogP contribution in [-0.4, -0.2) is 49.3 Å². The molecule has 0 heterocycles. The molecule has 524 valence electrons. The van der Waals surface area contributed by atoms with Crippen LogP contribution < -0.4 is 5.73 Å². The van der Waals surface area contributed by atoms with Crippen LogP contribution in [-0.2, 0) is 32.7 Å². The monoisotopic (exact) mass is 1290 g/mol. The molecule has 0 aromatic rings. The minimum absolute atomic E-state index is 0.0518. The average Bonchev–Trinajstić information content (AvgIpc) is 3.74. The van der Waals surface area contributed by atoms with Gasteiger partial charge in [0, 0.05) is 19.4 Å². The van der Waals surface area contributed by atoms with Crippen LogP contribution in [0.2, 0.25) is 0 Å². The van der Waals surface area contributed by atoms with Crippen molar-refractivity contribution in [1.29, 1.82) is 0 Å². The fourth-order valence-electron chi connectivity index (χ4n) is 10.8. The van der Waals surface area contributed by atoms with Gasteiger partial charge in [-0.15, -0.1) is 0 Å². The molecule has 3 N–H and O–H groups in total. The van der Waals surface area contributed by atoms with E-state index in [0.717, 1.165) is 103 Å². The van der Waals surface area contributed by atoms with Gasteiger partial charge in [-0.1, -0.05) is 354 Å². The van der Waals surface area contributed by atoms with E-state index < -0.39 is 26.5 Å². The summed E-state index contributed by atoms with van der Waals surface area (Å²) in [4.78, 5) is 35.4. The van der Waals surface area contributed by atoms with Crippen molar-refractivity contribution in [3.8, 4) is 0 Å². The number of hydrogen-bond acceptors (Lipinski definition) is 8. The van der Waals surface area contributed by atoms with E-state index in [-0.39, 0.29) is 38.6 Å². The number of hydrogen-bond donors (Lipinski definition) is 2. The highest BCUT2D eigenvalue weighted by Crippen LogP contribution is 2.43. The second-order valence-corrected chi connectivity index (χ2v) is 26.6. The second-order valence-electron chi connectivity index (χ2n) is 25.1. The van der Waals surface area contributed by atoms with E-state index in [1.165, 1.54) is 212 Å². The Morgan fingerprint density at radius 2 is 0.571 bits per heavy atom. The number of carbonyl (C=O) groups excluding carboxylic acids is 2. The fraction of sp³-hybridized carbons (Fsp3) is 0.728. The van der Waals surface area contributed by atoms with Gasteiger partial charge in [-0.25, -0.2) is 4.57 Å². The van der Waals surface area contributed by atoms with Crippen LogP contribution in [0, 0.1) is 0 Å². The predicted octanol–water partition coefficient (Wildman–Crippen LogP) is 25.4. The van der Waals surface area contributed by atoms with Gasteiger partial charge in [-0.2, -0.15) is 0 Å². The molecule has 2 unspecified atom stereocenters. The highest BCUT2D eigenvalue weighted by atomic mass is 31.2. The lowest BCUT2D eigenvalue weighted by molar-refractivity contribution is -0.161. The molecule has 0 amide bonds. The number of allylic oxidation sites excluding steroid dienone is 20. The summed E-state index contributed by atoms with van der Waals surface area (Å²) in [5.41, 5.74) is 5.41. The number of phosphoric acid groups is 1. The SMILES string of the molecule is CC/C=C\C/C=C\C/C=C\C/C=C\C/C=C\CCCCCCCCCCCCCCCCCCCCCCCC(=O)OC(COC(=O)CCCCCCCCCCCCCCCCCCC/C=C\C/C=C\C/C=C\C/C=C\C/C=C\CC)COP(=O)(O)OCCN. The van der Waals surface area contributed by atoms with Crippen LogP contribution in [0.25, 0.3) is 0 Å². The zero-order chi connectivity index (χ0) is 65.8. The van der Waals surface area contributed by atoms with Crippen molar-refractivity contribution in [3.63, 3.8) is 0 Å². The Kier molecular flexibility index (Phi) is 72.5. The van der Waals surface area contributed by atoms with Crippen LogP contribution >= 0.6 is 7.82 Å². The Morgan fingerprint density at radius 1 is 0.330 bits per heavy atom. The van der Waals surface area contributed by atoms with Crippen molar-refractivity contribution in [2.24, 2.45) is 5.73 Å². The molecule has 0 fully saturated rings. The molecule has 0 aromatic heterocycles. The van der Waals surface area contributed by atoms with Crippen LogP contribution in [0.5, 0.6) is 0 Å². The van der Waals surface area contributed by atoms with E-state index in [4.69, 9.17) is 24.3 Å². The van der Waals surface area contributed by atoms with E-state index in [1.807, 2.05) is 0 Å². The van der Waals surface area contributed by atoms with Crippen molar-refractivity contribution in [2.45, 2.75) is 354 Å². The lowest BCUT2D eigenvalue weighted by Crippen LogP contribution is -2.29. The maximum absolute atomic E-state index is 12.8. The number of rotatable bonds is 71. The van der Waals surface area contributed by atoms with Crippen molar-refractivity contribution in [2.75, 3.05) is 26.4 Å². The highest BCUT2D eigenvalue weighted by molar-refractivity contribution is 7.47. The standard InChI is InChI=1S/C81H142NO8P/c1-3-5-7-9-11-13-15-17-19-21-23-25-27-29-31-33-35-37-38-39-40-42-44-46-48-50-52-54-56-58-60-62-64-66-68-70-72-74-81(84)90-79(78-89-91(85,86)88-76-75-82)77-87-80(83)73-71-69-67-65-63-61-59-57-55-53-51-49-47-45-43-41-36-34-32-30-28-26-24-22-20-18-16-14-12-10-8-6-4-2/h5-8,11-14,17-20,23-26,29-32,79H,3-4,9-10,15-16,21-22,27-28,33-78,82H2,1-2H3,(H,85,86)/b7-5-,8-6-,13-11-,14-12-,19-17-,20-18-,25-23-,26-24-,31-29-,32-30-. The third-order valence-electron chi connectivity index (χ3n) is 16.3. The minimum Gasteiger partial charge on any atom is -0.462 e. The van der Waals surface area contributed by atoms with Gasteiger partial charge in [0.15, 0.2) is 6.10 Å². The van der Waals surface area contributed by atoms with Crippen LogP contribution in [0.15, 0.2) is 122 Å². The third-order valence-corrected chi connectivity index (χ3v) is 17.3. The Balaban J connectivity index is 3.82. The molecule has 0 aliphatic carbocycles. The van der Waals surface area contributed by atoms with Gasteiger partial charge in [-0.3, -0.25) is 18.6 Å². The summed E-state index contributed by atoms with van der Waals surface area (Å²) < 4.78 is 33.3. The summed E-state index contributed by atoms with van der Waals surface area (Å²) in [7, 11) is -4.40. The third kappa shape index (κ3) is 75.3. The molecule has 9 nitrogen and oxygen atoms in total. The first-order valence-corrected chi connectivity index (χ1v) is 39.5. The molecule has 91 heavy (non-hydrogen) atoms. The lowest BCUT2D eigenvalue weighted by atomic mass is 10.0. The zero-order valence-electron chi connectivity index (χ0n) is 59.1. The minimum atomic E-state index is -4.40. The number of unbranched alkanes of at least 4 members (excludes halogenated alkanes) is 38. The van der Waals surface area contributed by atoms with E-state index in [2.05, 4.69) is 135 Å². The summed E-state index contributed by atoms with van der Waals surface area (Å²) in [5, 5.41) is 0. The molecule has 0 saturated carbocycles. The molecule has 0 spiro atoms. The van der Waals surface area contributed by atoms with E-state index in [0.29, 0.717) is 6.42 Å². The number of esters is 2. The van der Waals surface area contributed by atoms with Crippen LogP contribution in [0.3, 0.4) is 0 Å². The predicted molar refractivity (Wildman–Crippen MR) is 394 cm³/mol. The summed E-state index contributed by atoms with van der Waals surface area (Å²) in [5.74, 6) is -0.815. The smallest absolute Gasteiger partial charge is 0.462 e. The molecule has 0 radical (unpaired) electrons. The quantitative estimate of drug-likeness (QED) is 0.0264. The van der Waals surface area contributed by atoms with Crippen molar-refractivity contribution in [1.82, 2.24) is 0 Å². The zero-order valence-corrected chi connectivity index (χ0v) is 59.9. The second kappa shape index (κ2) is 75.4. The number of ether oxygens (including phenoxy) is 2. The van der Waals surface area contributed by atoms with Gasteiger partial charge in [0.05, 0.1) is 13.2 Å². The summed E-state index contributed by atoms with van der Waals surface area (Å²) >= 11 is 0. The van der Waals surface area contributed by atoms with Gasteiger partial charge < -0.3 is 20.1 Å². The van der Waals surface area contributed by atoms with Gasteiger partial charge in [0.25, 0.3) is 0 Å². The maximum atomic E-state index is 12.8. The van der Waals surface area contributed by atoms with Crippen molar-refractivity contribution in [3.05, 3.63) is 122 Å². The normalized spacial score (nSPS) is 13.6. The average molecular weight is 1290 g/mol. The molecule has 0 aliphatic heterocycles. The van der Waals surface area contributed by atoms with Crippen molar-refractivity contribution >= 4 is 19.8 Å². The van der Waals surface area contributed by atoms with Gasteiger partial charge >= 0.3 is 19.8 Å². The van der Waals surface area contributed by atoms with E-state index in [9.17, 15) is 19.0 Å². The first-order chi connectivity index (χ1) is 44.8. The first kappa shape index (κ1) is 87.4. The molecular weight excluding hydrogens is 1150 g/mol. The molecule has 10 heteroatoms. The van der Waals surface area contributed by atoms with Gasteiger partial charge in [0.2, 0.25) is 0 Å². The Morgan fingerprint density at radius 3 is 0.846 bits per heavy atom. The molecule has 0 bridgehead atoms. The molecule has 2 atom stereocenters. The first-order valence-electron chi connectivity index (χ1n) is 38.0. The molecule has 0 saturated heterocycles. The fourth-order valence-corrected chi connectivity index (χ4v) is 11.6. The Labute approximate surface area is 561 Å². The Hall–Kier alpha value is -3.59. The summed E-state index contributed by atoms with van der Waals surface area (Å²) in [6, 6.07) is 0. The van der Waals surface area contributed by atoms with E-state index in [1.54, 1.807) is 0 Å². The van der Waals surface area contributed by atoms with Crippen molar-refractivity contribution < 1.29 is 37.6 Å².